The number of fused-ring (bicyclic) bond motifs is 2. The van der Waals surface area contributed by atoms with Crippen LogP contribution in [0.4, 0.5) is 4.79 Å². The minimum absolute atomic E-state index is 0.116. The molecule has 8 atom stereocenters. The standard InChI is InChI=1S/C33H42Cl4N4O6.C21H34Cl3N3O6.C17H18ClNO3/c1-18(2)27(28(43)38-19(3)29(44)41-13-7-8-22(16-41)30(45)47-17-33(35,36)37)40-31(46)32(5,6)12-11-21-9-10-23-24(34)15-25(20(4)42)39-26(23)14-21;1-12(2)15(26-19(31)33-20(4,5)6)16(28)25-13(3)17(29)27-9-7-8-14(10-27)18(30)32-11-21(22,23)24;1-10(20)14-9-13(18)12-5-4-11(8-15(12)19-14)6-7-17(2,3)16(21)22/h9-12,14-15,18-20,22,27,42H,7-8,13,16-17H2,1-6H3,(H,38,43)(H,40,46);12-15H,7-11H2,1-6H3,(H,25,28)(H,26,31);4-10,20H,1-3H3,(H,21,22)/b12-11+;;7-6+/t19-,20+,22+,27-;13-,14+,15-;10-/m001/s1. The van der Waals surface area contributed by atoms with Gasteiger partial charge in [0.05, 0.1) is 67.3 Å². The first-order chi connectivity index (χ1) is 47.0. The van der Waals surface area contributed by atoms with Crippen molar-refractivity contribution in [1.29, 1.82) is 0 Å². The molecule has 2 aromatic carbocycles. The molecule has 2 aliphatic heterocycles. The third-order valence-corrected chi connectivity index (χ3v) is 17.5. The number of likely N-dealkylation sites (tertiary alicyclic amines) is 2. The van der Waals surface area contributed by atoms with Crippen molar-refractivity contribution in [3.8, 4) is 0 Å². The number of aliphatic hydroxyl groups is 2. The van der Waals surface area contributed by atoms with E-state index in [4.69, 9.17) is 112 Å². The summed E-state index contributed by atoms with van der Waals surface area (Å²) in [7, 11) is 0. The molecule has 6 rings (SSSR count). The summed E-state index contributed by atoms with van der Waals surface area (Å²) in [5.74, 6) is -5.74. The van der Waals surface area contributed by atoms with Gasteiger partial charge in [-0.2, -0.15) is 0 Å². The smallest absolute Gasteiger partial charge is 0.408 e. The first-order valence-electron chi connectivity index (χ1n) is 33.1. The Bertz CT molecular complexity index is 3700. The summed E-state index contributed by atoms with van der Waals surface area (Å²) >= 11 is 46.4. The van der Waals surface area contributed by atoms with E-state index in [0.29, 0.717) is 71.2 Å². The molecule has 0 spiro atoms. The van der Waals surface area contributed by atoms with Crippen LogP contribution in [-0.4, -0.2) is 165 Å². The lowest BCUT2D eigenvalue weighted by molar-refractivity contribution is -0.153. The molecular formula is C71H94Cl8N8O15. The lowest BCUT2D eigenvalue weighted by atomic mass is 9.89. The number of amides is 6. The number of halogens is 8. The highest BCUT2D eigenvalue weighted by atomic mass is 35.6. The van der Waals surface area contributed by atoms with Gasteiger partial charge in [0.25, 0.3) is 0 Å². The summed E-state index contributed by atoms with van der Waals surface area (Å²) in [6, 6.07) is 10.7. The van der Waals surface area contributed by atoms with Crippen molar-refractivity contribution in [3.63, 3.8) is 0 Å². The summed E-state index contributed by atoms with van der Waals surface area (Å²) in [5.41, 5.74) is 1.17. The zero-order chi connectivity index (χ0) is 77.3. The van der Waals surface area contributed by atoms with Gasteiger partial charge in [-0.25, -0.2) is 14.8 Å². The largest absolute Gasteiger partial charge is 0.481 e. The number of nitrogens with one attached hydrogen (secondary N) is 4. The van der Waals surface area contributed by atoms with Gasteiger partial charge in [-0.1, -0.05) is 169 Å². The molecule has 0 saturated carbocycles. The Kier molecular flexibility index (Phi) is 33.2. The lowest BCUT2D eigenvalue weighted by Gasteiger charge is -2.34. The van der Waals surface area contributed by atoms with Crippen molar-refractivity contribution < 1.29 is 72.7 Å². The van der Waals surface area contributed by atoms with E-state index < -0.39 is 115 Å². The third kappa shape index (κ3) is 28.5. The minimum atomic E-state index is -1.73. The van der Waals surface area contributed by atoms with Crippen molar-refractivity contribution >= 4 is 180 Å². The maximum Gasteiger partial charge on any atom is 0.408 e. The van der Waals surface area contributed by atoms with Gasteiger partial charge in [-0.05, 0) is 149 Å². The Hall–Kier alpha value is -5.99. The number of carboxylic acid groups (broad SMARTS) is 1. The van der Waals surface area contributed by atoms with Crippen LogP contribution in [0.3, 0.4) is 0 Å². The molecule has 31 heteroatoms. The highest BCUT2D eigenvalue weighted by Gasteiger charge is 2.38. The van der Waals surface area contributed by atoms with Crippen LogP contribution in [0.15, 0.2) is 60.7 Å². The van der Waals surface area contributed by atoms with Crippen LogP contribution in [-0.2, 0) is 52.6 Å². The van der Waals surface area contributed by atoms with Gasteiger partial charge in [0, 0.05) is 37.0 Å². The number of hydrogen-bond donors (Lipinski definition) is 7. The molecule has 564 valence electrons. The number of nitrogens with zero attached hydrogens (tertiary/aromatic N) is 4. The number of aromatic nitrogens is 2. The average Bonchev–Trinajstić information content (AvgIpc) is 0.800. The summed E-state index contributed by atoms with van der Waals surface area (Å²) in [4.78, 5) is 126. The lowest BCUT2D eigenvalue weighted by Crippen LogP contribution is -2.57. The number of alkyl halides is 6. The van der Waals surface area contributed by atoms with Crippen LogP contribution < -0.4 is 21.3 Å². The number of carbonyl (C=O) groups excluding carboxylic acids is 8. The Labute approximate surface area is 636 Å². The Morgan fingerprint density at radius 3 is 1.27 bits per heavy atom. The van der Waals surface area contributed by atoms with E-state index in [1.807, 2.05) is 36.4 Å². The summed E-state index contributed by atoms with van der Waals surface area (Å²) in [6.07, 6.45) is 6.92. The number of alkyl carbamates (subject to hydrolysis) is 1. The predicted octanol–water partition coefficient (Wildman–Crippen LogP) is 13.0. The summed E-state index contributed by atoms with van der Waals surface area (Å²) < 4.78 is 11.9. The Morgan fingerprint density at radius 1 is 0.559 bits per heavy atom. The Balaban J connectivity index is 0.000000348. The summed E-state index contributed by atoms with van der Waals surface area (Å²) in [6.45, 7) is 25.7. The molecule has 6 amide bonds. The molecule has 4 heterocycles. The molecule has 2 fully saturated rings. The first kappa shape index (κ1) is 88.4. The molecule has 0 unspecified atom stereocenters. The van der Waals surface area contributed by atoms with Gasteiger partial charge in [-0.3, -0.25) is 38.4 Å². The number of ether oxygens (including phenoxy) is 3. The number of esters is 2. The van der Waals surface area contributed by atoms with E-state index in [-0.39, 0.29) is 49.3 Å². The zero-order valence-corrected chi connectivity index (χ0v) is 65.9. The molecule has 2 saturated heterocycles. The highest BCUT2D eigenvalue weighted by molar-refractivity contribution is 6.68. The second-order valence-corrected chi connectivity index (χ2v) is 33.9. The van der Waals surface area contributed by atoms with Crippen LogP contribution in [0, 0.1) is 34.5 Å². The van der Waals surface area contributed by atoms with Gasteiger partial charge >= 0.3 is 24.0 Å². The fraction of sp³-hybridized carbons (Fsp3) is 0.563. The van der Waals surface area contributed by atoms with Gasteiger partial charge < -0.3 is 60.6 Å². The van der Waals surface area contributed by atoms with Crippen LogP contribution in [0.1, 0.15) is 164 Å². The maximum absolute atomic E-state index is 13.4. The molecular weight excluding hydrogens is 1490 g/mol. The molecule has 0 aliphatic carbocycles. The minimum Gasteiger partial charge on any atom is -0.481 e. The molecule has 2 aliphatic rings. The van der Waals surface area contributed by atoms with Crippen molar-refractivity contribution in [3.05, 3.63) is 93.2 Å². The number of piperidine rings is 2. The van der Waals surface area contributed by atoms with E-state index >= 15 is 0 Å². The molecule has 102 heavy (non-hydrogen) atoms. The quantitative estimate of drug-likeness (QED) is 0.0218. The van der Waals surface area contributed by atoms with Crippen molar-refractivity contribution in [2.75, 3.05) is 39.4 Å². The second kappa shape index (κ2) is 38.3. The van der Waals surface area contributed by atoms with E-state index in [0.717, 1.165) is 21.9 Å². The van der Waals surface area contributed by atoms with E-state index in [2.05, 4.69) is 31.2 Å². The SMILES string of the molecule is CC(C)[C@H](NC(=O)C(C)(C)/C=C/c1ccc2c(Cl)cc([C@@H](C)O)nc2c1)C(=O)N[C@@H](C)C(=O)N1CCC[C@@H](C(=O)OCC(Cl)(Cl)Cl)C1.CC(C)[C@H](NC(=O)OC(C)(C)C)C(=O)N[C@@H](C)C(=O)N1CCC[C@@H](C(=O)OCC(Cl)(Cl)Cl)C1.C[C@@H](O)c1cc(Cl)c2ccc(/C=C/C(C)(C)C(=O)O)cc2n1. The number of rotatable bonds is 22. The normalized spacial score (nSPS) is 17.2. The summed E-state index contributed by atoms with van der Waals surface area (Å²) in [5, 5.41) is 42.0. The second-order valence-electron chi connectivity index (χ2n) is 28.1. The topological polar surface area (TPSA) is 322 Å². The molecule has 23 nitrogen and oxygen atoms in total. The van der Waals surface area contributed by atoms with E-state index in [1.165, 1.54) is 9.80 Å². The highest BCUT2D eigenvalue weighted by Crippen LogP contribution is 2.32. The molecule has 0 radical (unpaired) electrons. The number of hydrogen-bond acceptors (Lipinski definition) is 16. The average molecular weight is 1580 g/mol. The van der Waals surface area contributed by atoms with Crippen LogP contribution >= 0.6 is 92.8 Å². The van der Waals surface area contributed by atoms with Gasteiger partial charge in [0.15, 0.2) is 0 Å². The number of aliphatic hydroxyl groups excluding tert-OH is 2. The molecule has 2 aromatic heterocycles. The third-order valence-electron chi connectivity index (χ3n) is 16.2. The van der Waals surface area contributed by atoms with E-state index in [9.17, 15) is 53.4 Å². The van der Waals surface area contributed by atoms with Gasteiger partial charge in [0.1, 0.15) is 43.0 Å². The van der Waals surface area contributed by atoms with Crippen molar-refractivity contribution in [1.82, 2.24) is 41.0 Å². The zero-order valence-electron chi connectivity index (χ0n) is 59.8. The molecule has 4 aromatic rings. The molecule has 0 bridgehead atoms. The molecule has 7 N–H and O–H groups in total. The first-order valence-corrected chi connectivity index (χ1v) is 36.2. The maximum atomic E-state index is 13.4. The fourth-order valence-electron chi connectivity index (χ4n) is 10.2. The van der Waals surface area contributed by atoms with Crippen LogP contribution in [0.5, 0.6) is 0 Å². The number of carbonyl (C=O) groups is 9. The monoisotopic (exact) mass is 1580 g/mol. The fourth-order valence-corrected chi connectivity index (χ4v) is 11.1. The van der Waals surface area contributed by atoms with Gasteiger partial charge in [0.2, 0.25) is 37.1 Å². The number of carboxylic acids is 1. The van der Waals surface area contributed by atoms with Crippen LogP contribution in [0.25, 0.3) is 34.0 Å². The number of aliphatic carboxylic acids is 1. The number of benzene rings is 2. The number of pyridine rings is 2. The predicted molar refractivity (Wildman–Crippen MR) is 399 cm³/mol. The van der Waals surface area contributed by atoms with Crippen LogP contribution in [0.2, 0.25) is 10.0 Å². The van der Waals surface area contributed by atoms with Crippen molar-refractivity contribution in [2.24, 2.45) is 34.5 Å². The Morgan fingerprint density at radius 2 is 0.931 bits per heavy atom. The van der Waals surface area contributed by atoms with E-state index in [1.54, 1.807) is 140 Å². The van der Waals surface area contributed by atoms with Crippen molar-refractivity contribution in [2.45, 2.75) is 179 Å². The van der Waals surface area contributed by atoms with Gasteiger partial charge in [-0.15, -0.1) is 0 Å².